The number of nitrogens with zero attached hydrogens (tertiary/aromatic N) is 1. The first kappa shape index (κ1) is 20.9. The highest BCUT2D eigenvalue weighted by atomic mass is 32.2. The molecule has 0 bridgehead atoms. The van der Waals surface area contributed by atoms with Crippen LogP contribution in [0.3, 0.4) is 0 Å². The number of carbonyl (C=O) groups is 1. The fourth-order valence-corrected chi connectivity index (χ4v) is 3.48. The van der Waals surface area contributed by atoms with Gasteiger partial charge in [0.2, 0.25) is 10.0 Å². The lowest BCUT2D eigenvalue weighted by Crippen LogP contribution is -2.28. The molecule has 1 amide bonds. The average Bonchev–Trinajstić information content (AvgIpc) is 2.64. The van der Waals surface area contributed by atoms with Crippen molar-refractivity contribution in [1.82, 2.24) is 4.31 Å². The number of carbonyl (C=O) groups excluding carboxylic acids is 1. The first-order chi connectivity index (χ1) is 12.7. The Morgan fingerprint density at radius 3 is 2.37 bits per heavy atom. The summed E-state index contributed by atoms with van der Waals surface area (Å²) in [6.45, 7) is -0.0868. The van der Waals surface area contributed by atoms with Gasteiger partial charge in [0.1, 0.15) is 0 Å². The standard InChI is InChI=1S/C17H17F3N2O4S/c1-22(6-3-7-23)27(25,26)13-5-2-4-11(8-13)17(24)21-12-9-14(18)16(20)15(19)10-12/h2,4-5,8-10,23H,3,6-7H2,1H3,(H,21,24). The minimum Gasteiger partial charge on any atom is -0.396 e. The van der Waals surface area contributed by atoms with Crippen LogP contribution in [0.15, 0.2) is 41.3 Å². The summed E-state index contributed by atoms with van der Waals surface area (Å²) in [7, 11) is -2.55. The zero-order chi connectivity index (χ0) is 20.2. The van der Waals surface area contributed by atoms with E-state index in [2.05, 4.69) is 5.32 Å². The summed E-state index contributed by atoms with van der Waals surface area (Å²) in [5.74, 6) is -5.42. The molecule has 0 unspecified atom stereocenters. The van der Waals surface area contributed by atoms with Gasteiger partial charge in [-0.15, -0.1) is 0 Å². The summed E-state index contributed by atoms with van der Waals surface area (Å²) in [6.07, 6.45) is 0.248. The summed E-state index contributed by atoms with van der Waals surface area (Å²) < 4.78 is 65.4. The molecule has 0 heterocycles. The molecule has 0 aromatic heterocycles. The molecule has 0 aliphatic carbocycles. The number of anilines is 1. The van der Waals surface area contributed by atoms with Crippen molar-refractivity contribution in [2.45, 2.75) is 11.3 Å². The molecule has 2 aromatic rings. The maximum Gasteiger partial charge on any atom is 0.255 e. The Morgan fingerprint density at radius 2 is 1.78 bits per heavy atom. The third kappa shape index (κ3) is 4.85. The van der Waals surface area contributed by atoms with E-state index in [1.807, 2.05) is 0 Å². The Balaban J connectivity index is 2.25. The third-order valence-electron chi connectivity index (χ3n) is 3.68. The second-order valence-electron chi connectivity index (χ2n) is 5.64. The molecule has 0 saturated carbocycles. The fourth-order valence-electron chi connectivity index (χ4n) is 2.22. The highest BCUT2D eigenvalue weighted by Crippen LogP contribution is 2.20. The number of halogens is 3. The van der Waals surface area contributed by atoms with Crippen molar-refractivity contribution in [2.24, 2.45) is 0 Å². The molecule has 2 rings (SSSR count). The molecule has 27 heavy (non-hydrogen) atoms. The van der Waals surface area contributed by atoms with Gasteiger partial charge in [-0.25, -0.2) is 25.9 Å². The van der Waals surface area contributed by atoms with Crippen molar-refractivity contribution in [1.29, 1.82) is 0 Å². The van der Waals surface area contributed by atoms with Crippen LogP contribution in [-0.4, -0.2) is 43.9 Å². The van der Waals surface area contributed by atoms with E-state index in [-0.39, 0.29) is 35.7 Å². The molecule has 0 aliphatic heterocycles. The number of amides is 1. The lowest BCUT2D eigenvalue weighted by molar-refractivity contribution is 0.102. The SMILES string of the molecule is CN(CCCO)S(=O)(=O)c1cccc(C(=O)Nc2cc(F)c(F)c(F)c2)c1. The van der Waals surface area contributed by atoms with Crippen LogP contribution in [0.25, 0.3) is 0 Å². The van der Waals surface area contributed by atoms with E-state index < -0.39 is 33.4 Å². The predicted octanol–water partition coefficient (Wildman–Crippen LogP) is 2.36. The Morgan fingerprint density at radius 1 is 1.15 bits per heavy atom. The lowest BCUT2D eigenvalue weighted by atomic mass is 10.2. The first-order valence-corrected chi connectivity index (χ1v) is 9.24. The number of benzene rings is 2. The van der Waals surface area contributed by atoms with Crippen LogP contribution in [0, 0.1) is 17.5 Å². The average molecular weight is 402 g/mol. The van der Waals surface area contributed by atoms with Gasteiger partial charge in [-0.3, -0.25) is 4.79 Å². The van der Waals surface area contributed by atoms with E-state index in [1.54, 1.807) is 0 Å². The maximum absolute atomic E-state index is 13.2. The van der Waals surface area contributed by atoms with E-state index in [0.29, 0.717) is 12.1 Å². The molecule has 0 fully saturated rings. The Hall–Kier alpha value is -2.43. The van der Waals surface area contributed by atoms with Gasteiger partial charge in [-0.2, -0.15) is 0 Å². The molecule has 10 heteroatoms. The van der Waals surface area contributed by atoms with Crippen LogP contribution in [0.1, 0.15) is 16.8 Å². The molecule has 0 aliphatic rings. The van der Waals surface area contributed by atoms with Crippen LogP contribution >= 0.6 is 0 Å². The number of sulfonamides is 1. The summed E-state index contributed by atoms with van der Waals surface area (Å²) >= 11 is 0. The molecule has 2 aromatic carbocycles. The lowest BCUT2D eigenvalue weighted by Gasteiger charge is -2.17. The zero-order valence-corrected chi connectivity index (χ0v) is 15.1. The summed E-state index contributed by atoms with van der Waals surface area (Å²) in [6, 6.07) is 6.28. The van der Waals surface area contributed by atoms with Crippen LogP contribution in [-0.2, 0) is 10.0 Å². The minimum atomic E-state index is -3.89. The topological polar surface area (TPSA) is 86.7 Å². The van der Waals surface area contributed by atoms with Gasteiger partial charge in [0.15, 0.2) is 17.5 Å². The highest BCUT2D eigenvalue weighted by molar-refractivity contribution is 7.89. The van der Waals surface area contributed by atoms with E-state index in [1.165, 1.54) is 25.2 Å². The third-order valence-corrected chi connectivity index (χ3v) is 5.53. The van der Waals surface area contributed by atoms with Crippen LogP contribution < -0.4 is 5.32 Å². The predicted molar refractivity (Wildman–Crippen MR) is 92.2 cm³/mol. The van der Waals surface area contributed by atoms with E-state index in [9.17, 15) is 26.4 Å². The van der Waals surface area contributed by atoms with Crippen molar-refractivity contribution >= 4 is 21.6 Å². The Labute approximate surface area is 154 Å². The van der Waals surface area contributed by atoms with Gasteiger partial charge >= 0.3 is 0 Å². The second kappa shape index (κ2) is 8.51. The molecule has 0 radical (unpaired) electrons. The minimum absolute atomic E-state index is 0.0724. The van der Waals surface area contributed by atoms with Gasteiger partial charge < -0.3 is 10.4 Å². The summed E-state index contributed by atoms with van der Waals surface area (Å²) in [5.41, 5.74) is -0.388. The Bertz CT molecular complexity index is 928. The van der Waals surface area contributed by atoms with E-state index in [4.69, 9.17) is 5.11 Å². The number of rotatable bonds is 7. The zero-order valence-electron chi connectivity index (χ0n) is 14.2. The van der Waals surface area contributed by atoms with E-state index >= 15 is 0 Å². The number of hydrogen-bond acceptors (Lipinski definition) is 4. The number of hydrogen-bond donors (Lipinski definition) is 2. The largest absolute Gasteiger partial charge is 0.396 e. The van der Waals surface area contributed by atoms with Gasteiger partial charge in [0.05, 0.1) is 4.90 Å². The molecule has 0 saturated heterocycles. The molecular weight excluding hydrogens is 385 g/mol. The summed E-state index contributed by atoms with van der Waals surface area (Å²) in [4.78, 5) is 12.1. The van der Waals surface area contributed by atoms with Gasteiger partial charge in [-0.05, 0) is 24.6 Å². The molecule has 0 atom stereocenters. The van der Waals surface area contributed by atoms with Crippen molar-refractivity contribution < 1.29 is 31.5 Å². The van der Waals surface area contributed by atoms with Crippen LogP contribution in [0.4, 0.5) is 18.9 Å². The molecule has 0 spiro atoms. The normalized spacial score (nSPS) is 11.6. The monoisotopic (exact) mass is 402 g/mol. The second-order valence-corrected chi connectivity index (χ2v) is 7.68. The van der Waals surface area contributed by atoms with E-state index in [0.717, 1.165) is 10.4 Å². The number of aliphatic hydroxyl groups is 1. The number of nitrogens with one attached hydrogen (secondary N) is 1. The molecule has 146 valence electrons. The maximum atomic E-state index is 13.2. The van der Waals surface area contributed by atoms with Gasteiger partial charge in [0, 0.05) is 43.6 Å². The van der Waals surface area contributed by atoms with Crippen molar-refractivity contribution in [3.05, 3.63) is 59.4 Å². The van der Waals surface area contributed by atoms with Crippen LogP contribution in [0.2, 0.25) is 0 Å². The number of aliphatic hydroxyl groups excluding tert-OH is 1. The first-order valence-electron chi connectivity index (χ1n) is 7.80. The van der Waals surface area contributed by atoms with Crippen molar-refractivity contribution in [2.75, 3.05) is 25.5 Å². The fraction of sp³-hybridized carbons (Fsp3) is 0.235. The Kier molecular flexibility index (Phi) is 6.58. The van der Waals surface area contributed by atoms with Crippen molar-refractivity contribution in [3.63, 3.8) is 0 Å². The van der Waals surface area contributed by atoms with Crippen LogP contribution in [0.5, 0.6) is 0 Å². The smallest absolute Gasteiger partial charge is 0.255 e. The van der Waals surface area contributed by atoms with Gasteiger partial charge in [0.25, 0.3) is 5.91 Å². The molecule has 2 N–H and O–H groups in total. The molecule has 6 nitrogen and oxygen atoms in total. The highest BCUT2D eigenvalue weighted by Gasteiger charge is 2.22. The summed E-state index contributed by atoms with van der Waals surface area (Å²) in [5, 5.41) is 11.0. The quantitative estimate of drug-likeness (QED) is 0.696. The van der Waals surface area contributed by atoms with Gasteiger partial charge in [-0.1, -0.05) is 6.07 Å². The van der Waals surface area contributed by atoms with Crippen molar-refractivity contribution in [3.8, 4) is 0 Å². The molecular formula is C17H17F3N2O4S.